The number of hydrogen-bond acceptors (Lipinski definition) is 5. The third-order valence-electron chi connectivity index (χ3n) is 3.52. The quantitative estimate of drug-likeness (QED) is 0.639. The second-order valence-electron chi connectivity index (χ2n) is 4.85. The summed E-state index contributed by atoms with van der Waals surface area (Å²) in [5, 5.41) is 9.48. The predicted molar refractivity (Wildman–Crippen MR) is 85.6 cm³/mol. The Balaban J connectivity index is 1.98. The molecule has 116 valence electrons. The molecule has 0 amide bonds. The molecular formula is C18H15NO4. The number of hydrogen-bond donors (Lipinski definition) is 0. The van der Waals surface area contributed by atoms with E-state index in [0.29, 0.717) is 28.6 Å². The van der Waals surface area contributed by atoms with Crippen LogP contribution in [0.1, 0.15) is 11.1 Å². The Kier molecular flexibility index (Phi) is 4.07. The van der Waals surface area contributed by atoms with Crippen LogP contribution in [0.3, 0.4) is 0 Å². The maximum atomic E-state index is 9.48. The molecule has 2 aromatic carbocycles. The summed E-state index contributed by atoms with van der Waals surface area (Å²) in [5.74, 6) is 2.60. The van der Waals surface area contributed by atoms with Crippen molar-refractivity contribution in [3.63, 3.8) is 0 Å². The summed E-state index contributed by atoms with van der Waals surface area (Å²) in [6.45, 7) is 0.225. The van der Waals surface area contributed by atoms with Crippen LogP contribution in [0.2, 0.25) is 0 Å². The Morgan fingerprint density at radius 3 is 2.57 bits per heavy atom. The SMILES string of the molecule is COc1ccc(/C(C#N)=C/c2ccc3c(c2)OCO3)cc1OC. The van der Waals surface area contributed by atoms with E-state index in [4.69, 9.17) is 18.9 Å². The Bertz CT molecular complexity index is 805. The van der Waals surface area contributed by atoms with Crippen LogP contribution < -0.4 is 18.9 Å². The lowest BCUT2D eigenvalue weighted by atomic mass is 10.0. The highest BCUT2D eigenvalue weighted by Crippen LogP contribution is 2.34. The van der Waals surface area contributed by atoms with Gasteiger partial charge in [0.1, 0.15) is 0 Å². The van der Waals surface area contributed by atoms with E-state index >= 15 is 0 Å². The van der Waals surface area contributed by atoms with Crippen LogP contribution in [0.4, 0.5) is 0 Å². The predicted octanol–water partition coefficient (Wildman–Crippen LogP) is 3.50. The molecule has 3 rings (SSSR count). The van der Waals surface area contributed by atoms with Gasteiger partial charge >= 0.3 is 0 Å². The Morgan fingerprint density at radius 1 is 1.04 bits per heavy atom. The van der Waals surface area contributed by atoms with E-state index < -0.39 is 0 Å². The molecule has 2 aromatic rings. The number of benzene rings is 2. The Hall–Kier alpha value is -3.13. The van der Waals surface area contributed by atoms with E-state index in [0.717, 1.165) is 11.1 Å². The van der Waals surface area contributed by atoms with E-state index in [2.05, 4.69) is 6.07 Å². The summed E-state index contributed by atoms with van der Waals surface area (Å²) < 4.78 is 21.1. The zero-order chi connectivity index (χ0) is 16.2. The maximum absolute atomic E-state index is 9.48. The summed E-state index contributed by atoms with van der Waals surface area (Å²) in [7, 11) is 3.14. The first-order valence-corrected chi connectivity index (χ1v) is 6.99. The molecule has 5 heteroatoms. The van der Waals surface area contributed by atoms with Crippen molar-refractivity contribution in [3.8, 4) is 29.1 Å². The Labute approximate surface area is 134 Å². The van der Waals surface area contributed by atoms with Crippen molar-refractivity contribution < 1.29 is 18.9 Å². The molecule has 0 saturated carbocycles. The van der Waals surface area contributed by atoms with Gasteiger partial charge in [0, 0.05) is 0 Å². The van der Waals surface area contributed by atoms with Crippen LogP contribution in [-0.2, 0) is 0 Å². The van der Waals surface area contributed by atoms with Gasteiger partial charge in [0.2, 0.25) is 6.79 Å². The highest BCUT2D eigenvalue weighted by atomic mass is 16.7. The zero-order valence-corrected chi connectivity index (χ0v) is 12.8. The molecule has 0 saturated heterocycles. The average Bonchev–Trinajstić information content (AvgIpc) is 3.06. The molecule has 0 bridgehead atoms. The molecule has 0 fully saturated rings. The van der Waals surface area contributed by atoms with Gasteiger partial charge in [-0.1, -0.05) is 6.07 Å². The van der Waals surface area contributed by atoms with Crippen LogP contribution in [0.25, 0.3) is 11.6 Å². The number of nitrogens with zero attached hydrogens (tertiary/aromatic N) is 1. The minimum atomic E-state index is 0.225. The van der Waals surface area contributed by atoms with Gasteiger partial charge in [0.15, 0.2) is 23.0 Å². The number of fused-ring (bicyclic) bond motifs is 1. The second-order valence-corrected chi connectivity index (χ2v) is 4.85. The number of nitriles is 1. The molecule has 1 aliphatic heterocycles. The standard InChI is InChI=1S/C18H15NO4/c1-20-15-6-4-13(9-17(15)21-2)14(10-19)7-12-3-5-16-18(8-12)23-11-22-16/h3-9H,11H2,1-2H3/b14-7+. The van der Waals surface area contributed by atoms with Gasteiger partial charge in [-0.2, -0.15) is 5.26 Å². The third-order valence-corrected chi connectivity index (χ3v) is 3.52. The van der Waals surface area contributed by atoms with Gasteiger partial charge in [-0.15, -0.1) is 0 Å². The smallest absolute Gasteiger partial charge is 0.231 e. The highest BCUT2D eigenvalue weighted by Gasteiger charge is 2.13. The fourth-order valence-electron chi connectivity index (χ4n) is 2.35. The average molecular weight is 309 g/mol. The normalized spacial score (nSPS) is 12.7. The van der Waals surface area contributed by atoms with Gasteiger partial charge in [-0.25, -0.2) is 0 Å². The largest absolute Gasteiger partial charge is 0.493 e. The first-order chi connectivity index (χ1) is 11.2. The van der Waals surface area contributed by atoms with E-state index in [1.165, 1.54) is 0 Å². The van der Waals surface area contributed by atoms with Crippen molar-refractivity contribution in [2.24, 2.45) is 0 Å². The lowest BCUT2D eigenvalue weighted by Gasteiger charge is -2.09. The lowest BCUT2D eigenvalue weighted by Crippen LogP contribution is -1.92. The Morgan fingerprint density at radius 2 is 1.83 bits per heavy atom. The van der Waals surface area contributed by atoms with Gasteiger partial charge in [0.25, 0.3) is 0 Å². The van der Waals surface area contributed by atoms with E-state index in [9.17, 15) is 5.26 Å². The number of ether oxygens (including phenoxy) is 4. The number of methoxy groups -OCH3 is 2. The van der Waals surface area contributed by atoms with Crippen molar-refractivity contribution >= 4 is 11.6 Å². The van der Waals surface area contributed by atoms with Crippen molar-refractivity contribution in [1.29, 1.82) is 5.26 Å². The summed E-state index contributed by atoms with van der Waals surface area (Å²) in [6.07, 6.45) is 1.79. The maximum Gasteiger partial charge on any atom is 0.231 e. The van der Waals surface area contributed by atoms with Crippen LogP contribution in [0.15, 0.2) is 36.4 Å². The van der Waals surface area contributed by atoms with Gasteiger partial charge in [-0.3, -0.25) is 0 Å². The zero-order valence-electron chi connectivity index (χ0n) is 12.8. The number of allylic oxidation sites excluding steroid dienone is 1. The van der Waals surface area contributed by atoms with Crippen molar-refractivity contribution in [2.75, 3.05) is 21.0 Å². The molecule has 0 N–H and O–H groups in total. The fraction of sp³-hybridized carbons (Fsp3) is 0.167. The van der Waals surface area contributed by atoms with Crippen LogP contribution in [0.5, 0.6) is 23.0 Å². The third kappa shape index (κ3) is 2.92. The molecule has 23 heavy (non-hydrogen) atoms. The molecule has 0 spiro atoms. The molecule has 0 aliphatic carbocycles. The minimum Gasteiger partial charge on any atom is -0.493 e. The summed E-state index contributed by atoms with van der Waals surface area (Å²) in [6, 6.07) is 13.2. The lowest BCUT2D eigenvalue weighted by molar-refractivity contribution is 0.174. The van der Waals surface area contributed by atoms with E-state index in [1.54, 1.807) is 32.4 Å². The van der Waals surface area contributed by atoms with Crippen molar-refractivity contribution in [1.82, 2.24) is 0 Å². The van der Waals surface area contributed by atoms with E-state index in [-0.39, 0.29) is 6.79 Å². The molecule has 1 heterocycles. The molecule has 0 aromatic heterocycles. The second kappa shape index (κ2) is 6.32. The molecule has 1 aliphatic rings. The van der Waals surface area contributed by atoms with Crippen molar-refractivity contribution in [3.05, 3.63) is 47.5 Å². The first-order valence-electron chi connectivity index (χ1n) is 6.99. The molecule has 5 nitrogen and oxygen atoms in total. The molecular weight excluding hydrogens is 294 g/mol. The summed E-state index contributed by atoms with van der Waals surface area (Å²) in [4.78, 5) is 0. The molecule has 0 atom stereocenters. The molecule has 0 unspecified atom stereocenters. The highest BCUT2D eigenvalue weighted by molar-refractivity contribution is 5.90. The first kappa shape index (κ1) is 14.8. The van der Waals surface area contributed by atoms with Gasteiger partial charge in [0.05, 0.1) is 25.9 Å². The van der Waals surface area contributed by atoms with Crippen molar-refractivity contribution in [2.45, 2.75) is 0 Å². The van der Waals surface area contributed by atoms with E-state index in [1.807, 2.05) is 24.3 Å². The monoisotopic (exact) mass is 309 g/mol. The summed E-state index contributed by atoms with van der Waals surface area (Å²) >= 11 is 0. The van der Waals surface area contributed by atoms with Crippen LogP contribution in [-0.4, -0.2) is 21.0 Å². The molecule has 0 radical (unpaired) electrons. The number of rotatable bonds is 4. The fourth-order valence-corrected chi connectivity index (χ4v) is 2.35. The topological polar surface area (TPSA) is 60.7 Å². The van der Waals surface area contributed by atoms with Gasteiger partial charge in [-0.05, 0) is 47.5 Å². The van der Waals surface area contributed by atoms with Gasteiger partial charge < -0.3 is 18.9 Å². The van der Waals surface area contributed by atoms with Crippen LogP contribution in [0, 0.1) is 11.3 Å². The van der Waals surface area contributed by atoms with Crippen LogP contribution >= 0.6 is 0 Å². The summed E-state index contributed by atoms with van der Waals surface area (Å²) in [5.41, 5.74) is 2.13. The minimum absolute atomic E-state index is 0.225.